The third kappa shape index (κ3) is 2.63. The molecule has 5 nitrogen and oxygen atoms in total. The molecule has 0 radical (unpaired) electrons. The first-order chi connectivity index (χ1) is 9.33. The van der Waals surface area contributed by atoms with Gasteiger partial charge in [0, 0.05) is 29.9 Å². The number of nitrogens with two attached hydrogens (primary N) is 1. The van der Waals surface area contributed by atoms with Crippen molar-refractivity contribution in [3.63, 3.8) is 0 Å². The van der Waals surface area contributed by atoms with Crippen LogP contribution < -0.4 is 11.1 Å². The number of thiazole rings is 1. The second kappa shape index (κ2) is 5.19. The summed E-state index contributed by atoms with van der Waals surface area (Å²) in [6.07, 6.45) is 2.69. The van der Waals surface area contributed by atoms with Crippen molar-refractivity contribution in [2.45, 2.75) is 6.42 Å². The Morgan fingerprint density at radius 1 is 1.21 bits per heavy atom. The van der Waals surface area contributed by atoms with Gasteiger partial charge in [-0.25, -0.2) is 9.97 Å². The molecule has 19 heavy (non-hydrogen) atoms. The minimum absolute atomic E-state index is 0.287. The topological polar surface area (TPSA) is 76.7 Å². The first-order valence-electron chi connectivity index (χ1n) is 5.97. The number of hydrogen-bond donors (Lipinski definition) is 2. The molecule has 1 aromatic carbocycles. The molecule has 6 heteroatoms. The van der Waals surface area contributed by atoms with E-state index >= 15 is 0 Å². The van der Waals surface area contributed by atoms with Crippen LogP contribution in [-0.4, -0.2) is 21.5 Å². The fourth-order valence-corrected chi connectivity index (χ4v) is 2.51. The molecular formula is C13H13N5S. The molecule has 2 heterocycles. The van der Waals surface area contributed by atoms with Crippen LogP contribution in [0, 0.1) is 0 Å². The van der Waals surface area contributed by atoms with Gasteiger partial charge in [-0.3, -0.25) is 0 Å². The van der Waals surface area contributed by atoms with Crippen LogP contribution in [0.3, 0.4) is 0 Å². The first-order valence-corrected chi connectivity index (χ1v) is 6.85. The molecule has 0 spiro atoms. The van der Waals surface area contributed by atoms with E-state index in [1.54, 1.807) is 11.3 Å². The fraction of sp³-hybridized carbons (Fsp3) is 0.154. The Balaban J connectivity index is 1.80. The van der Waals surface area contributed by atoms with E-state index in [0.717, 1.165) is 34.7 Å². The highest BCUT2D eigenvalue weighted by Gasteiger charge is 2.05. The number of anilines is 2. The summed E-state index contributed by atoms with van der Waals surface area (Å²) in [5.41, 5.74) is 6.57. The van der Waals surface area contributed by atoms with E-state index in [2.05, 4.69) is 20.3 Å². The van der Waals surface area contributed by atoms with Gasteiger partial charge in [-0.15, -0.1) is 11.3 Å². The van der Waals surface area contributed by atoms with Gasteiger partial charge >= 0.3 is 0 Å². The van der Waals surface area contributed by atoms with Crippen molar-refractivity contribution < 1.29 is 0 Å². The number of nitrogen functional groups attached to an aromatic ring is 1. The molecule has 0 saturated heterocycles. The summed E-state index contributed by atoms with van der Waals surface area (Å²) >= 11 is 1.66. The summed E-state index contributed by atoms with van der Waals surface area (Å²) in [5.74, 6) is 1.06. The summed E-state index contributed by atoms with van der Waals surface area (Å²) in [6.45, 7) is 0.772. The van der Waals surface area contributed by atoms with E-state index in [0.29, 0.717) is 0 Å². The van der Waals surface area contributed by atoms with Crippen molar-refractivity contribution >= 4 is 34.0 Å². The molecule has 0 aliphatic carbocycles. The van der Waals surface area contributed by atoms with Crippen LogP contribution in [-0.2, 0) is 6.42 Å². The molecule has 0 bridgehead atoms. The Morgan fingerprint density at radius 3 is 2.95 bits per heavy atom. The maximum Gasteiger partial charge on any atom is 0.222 e. The van der Waals surface area contributed by atoms with Crippen LogP contribution >= 0.6 is 11.3 Å². The van der Waals surface area contributed by atoms with Gasteiger partial charge in [0.2, 0.25) is 5.95 Å². The third-order valence-electron chi connectivity index (χ3n) is 2.74. The Kier molecular flexibility index (Phi) is 3.24. The predicted octanol–water partition coefficient (Wildman–Crippen LogP) is 2.32. The van der Waals surface area contributed by atoms with Crippen molar-refractivity contribution in [1.82, 2.24) is 15.0 Å². The van der Waals surface area contributed by atoms with Crippen molar-refractivity contribution in [2.75, 3.05) is 17.6 Å². The quantitative estimate of drug-likeness (QED) is 0.761. The average molecular weight is 271 g/mol. The SMILES string of the molecule is Nc1nc(NCCc2nccs2)c2ccccc2n1. The largest absolute Gasteiger partial charge is 0.369 e. The second-order valence-corrected chi connectivity index (χ2v) is 5.03. The zero-order chi connectivity index (χ0) is 13.1. The Morgan fingerprint density at radius 2 is 2.11 bits per heavy atom. The fourth-order valence-electron chi connectivity index (χ4n) is 1.89. The van der Waals surface area contributed by atoms with E-state index in [1.807, 2.05) is 35.8 Å². The smallest absolute Gasteiger partial charge is 0.222 e. The highest BCUT2D eigenvalue weighted by molar-refractivity contribution is 7.09. The van der Waals surface area contributed by atoms with Gasteiger partial charge in [-0.05, 0) is 12.1 Å². The summed E-state index contributed by atoms with van der Waals surface area (Å²) in [4.78, 5) is 12.7. The molecule has 0 saturated carbocycles. The third-order valence-corrected chi connectivity index (χ3v) is 3.57. The van der Waals surface area contributed by atoms with Crippen LogP contribution in [0.25, 0.3) is 10.9 Å². The maximum absolute atomic E-state index is 5.72. The molecule has 2 aromatic heterocycles. The minimum Gasteiger partial charge on any atom is -0.369 e. The Labute approximate surface area is 114 Å². The molecule has 3 N–H and O–H groups in total. The zero-order valence-electron chi connectivity index (χ0n) is 10.2. The number of para-hydroxylation sites is 1. The van der Waals surface area contributed by atoms with Gasteiger partial charge < -0.3 is 11.1 Å². The molecule has 0 atom stereocenters. The molecule has 0 aliphatic heterocycles. The number of fused-ring (bicyclic) bond motifs is 1. The molecule has 0 aliphatic rings. The molecule has 0 unspecified atom stereocenters. The van der Waals surface area contributed by atoms with Crippen molar-refractivity contribution in [1.29, 1.82) is 0 Å². The van der Waals surface area contributed by atoms with Crippen LogP contribution in [0.15, 0.2) is 35.8 Å². The normalized spacial score (nSPS) is 10.7. The highest BCUT2D eigenvalue weighted by Crippen LogP contribution is 2.20. The van der Waals surface area contributed by atoms with Gasteiger partial charge in [0.1, 0.15) is 5.82 Å². The lowest BCUT2D eigenvalue weighted by Crippen LogP contribution is -2.08. The monoisotopic (exact) mass is 271 g/mol. The number of nitrogens with zero attached hydrogens (tertiary/aromatic N) is 3. The summed E-state index contributed by atoms with van der Waals surface area (Å²) < 4.78 is 0. The molecule has 3 rings (SSSR count). The van der Waals surface area contributed by atoms with E-state index in [-0.39, 0.29) is 5.95 Å². The Hall–Kier alpha value is -2.21. The van der Waals surface area contributed by atoms with Crippen molar-refractivity contribution in [3.8, 4) is 0 Å². The van der Waals surface area contributed by atoms with Crippen LogP contribution in [0.5, 0.6) is 0 Å². The number of hydrogen-bond acceptors (Lipinski definition) is 6. The molecule has 3 aromatic rings. The van der Waals surface area contributed by atoms with Crippen LogP contribution in [0.4, 0.5) is 11.8 Å². The number of benzene rings is 1. The summed E-state index contributed by atoms with van der Waals surface area (Å²) in [5, 5.41) is 7.37. The van der Waals surface area contributed by atoms with Gasteiger partial charge in [-0.1, -0.05) is 12.1 Å². The van der Waals surface area contributed by atoms with E-state index in [1.165, 1.54) is 0 Å². The average Bonchev–Trinajstić information content (AvgIpc) is 2.91. The Bertz CT molecular complexity index is 681. The molecule has 0 amide bonds. The summed E-state index contributed by atoms with van der Waals surface area (Å²) in [7, 11) is 0. The van der Waals surface area contributed by atoms with Gasteiger partial charge in [0.15, 0.2) is 0 Å². The van der Waals surface area contributed by atoms with Gasteiger partial charge in [-0.2, -0.15) is 4.98 Å². The lowest BCUT2D eigenvalue weighted by Gasteiger charge is -2.08. The van der Waals surface area contributed by atoms with Crippen molar-refractivity contribution in [3.05, 3.63) is 40.8 Å². The standard InChI is InChI=1S/C13H13N5S/c14-13-17-10-4-2-1-3-9(10)12(18-13)16-6-5-11-15-7-8-19-11/h1-4,7-8H,5-6H2,(H3,14,16,17,18). The molecular weight excluding hydrogens is 258 g/mol. The van der Waals surface area contributed by atoms with Crippen molar-refractivity contribution in [2.24, 2.45) is 0 Å². The highest BCUT2D eigenvalue weighted by atomic mass is 32.1. The molecule has 0 fully saturated rings. The zero-order valence-corrected chi connectivity index (χ0v) is 11.0. The lowest BCUT2D eigenvalue weighted by atomic mass is 10.2. The van der Waals surface area contributed by atoms with E-state index < -0.39 is 0 Å². The first kappa shape index (κ1) is 11.9. The number of rotatable bonds is 4. The number of nitrogens with one attached hydrogen (secondary N) is 1. The van der Waals surface area contributed by atoms with Crippen LogP contribution in [0.1, 0.15) is 5.01 Å². The number of aromatic nitrogens is 3. The van der Waals surface area contributed by atoms with Gasteiger partial charge in [0.05, 0.1) is 10.5 Å². The lowest BCUT2D eigenvalue weighted by molar-refractivity contribution is 0.989. The predicted molar refractivity (Wildman–Crippen MR) is 78.3 cm³/mol. The minimum atomic E-state index is 0.287. The van der Waals surface area contributed by atoms with Crippen LogP contribution in [0.2, 0.25) is 0 Å². The maximum atomic E-state index is 5.72. The van der Waals surface area contributed by atoms with E-state index in [9.17, 15) is 0 Å². The molecule has 96 valence electrons. The summed E-state index contributed by atoms with van der Waals surface area (Å²) in [6, 6.07) is 7.82. The van der Waals surface area contributed by atoms with Gasteiger partial charge in [0.25, 0.3) is 0 Å². The second-order valence-electron chi connectivity index (χ2n) is 4.05. The van der Waals surface area contributed by atoms with E-state index in [4.69, 9.17) is 5.73 Å².